The second kappa shape index (κ2) is 7.83. The number of aryl methyl sites for hydroxylation is 1. The van der Waals surface area contributed by atoms with Crippen molar-refractivity contribution in [2.24, 2.45) is 5.92 Å². The van der Waals surface area contributed by atoms with E-state index < -0.39 is 12.3 Å². The van der Waals surface area contributed by atoms with Gasteiger partial charge in [0.25, 0.3) is 0 Å². The summed E-state index contributed by atoms with van der Waals surface area (Å²) in [5.41, 5.74) is 3.81. The van der Waals surface area contributed by atoms with Crippen molar-refractivity contribution in [3.63, 3.8) is 0 Å². The van der Waals surface area contributed by atoms with Crippen LogP contribution in [0.25, 0.3) is 0 Å². The van der Waals surface area contributed by atoms with E-state index in [1.165, 1.54) is 19.2 Å². The highest BCUT2D eigenvalue weighted by Crippen LogP contribution is 2.50. The first-order chi connectivity index (χ1) is 14.3. The first-order valence-corrected chi connectivity index (χ1v) is 9.73. The van der Waals surface area contributed by atoms with Gasteiger partial charge in [-0.1, -0.05) is 6.07 Å². The summed E-state index contributed by atoms with van der Waals surface area (Å²) in [4.78, 5) is 11.8. The number of carbonyl (C=O) groups excluding carboxylic acids is 1. The van der Waals surface area contributed by atoms with E-state index in [4.69, 9.17) is 9.47 Å². The molecule has 0 bridgehead atoms. The van der Waals surface area contributed by atoms with Crippen molar-refractivity contribution in [2.75, 3.05) is 19.0 Å². The number of hydrogen-bond acceptors (Lipinski definition) is 5. The maximum absolute atomic E-state index is 12.6. The Labute approximate surface area is 172 Å². The lowest BCUT2D eigenvalue weighted by Gasteiger charge is -2.44. The summed E-state index contributed by atoms with van der Waals surface area (Å²) < 4.78 is 52.8. The summed E-state index contributed by atoms with van der Waals surface area (Å²) in [6.45, 7) is 2.48. The molecule has 2 aromatic carbocycles. The van der Waals surface area contributed by atoms with Crippen LogP contribution in [0.5, 0.6) is 5.75 Å². The summed E-state index contributed by atoms with van der Waals surface area (Å²) in [6.07, 6.45) is -3.35. The number of alkyl halides is 3. The van der Waals surface area contributed by atoms with Crippen molar-refractivity contribution >= 4 is 11.7 Å². The molecule has 0 amide bonds. The quantitative estimate of drug-likeness (QED) is 0.681. The Morgan fingerprint density at radius 1 is 1.17 bits per heavy atom. The number of rotatable bonds is 3. The van der Waals surface area contributed by atoms with Gasteiger partial charge in [-0.05, 0) is 61.2 Å². The molecular weight excluding hydrogens is 399 g/mol. The van der Waals surface area contributed by atoms with Crippen LogP contribution in [0, 0.1) is 12.8 Å². The second-order valence-corrected chi connectivity index (χ2v) is 7.58. The van der Waals surface area contributed by atoms with Crippen LogP contribution >= 0.6 is 0 Å². The van der Waals surface area contributed by atoms with E-state index >= 15 is 0 Å². The van der Waals surface area contributed by atoms with E-state index in [-0.39, 0.29) is 23.8 Å². The van der Waals surface area contributed by atoms with Gasteiger partial charge in [0.1, 0.15) is 5.75 Å². The number of carbonyl (C=O) groups is 1. The van der Waals surface area contributed by atoms with Gasteiger partial charge in [-0.25, -0.2) is 4.79 Å². The van der Waals surface area contributed by atoms with Gasteiger partial charge in [0.05, 0.1) is 24.8 Å². The summed E-state index contributed by atoms with van der Waals surface area (Å²) in [7, 11) is 1.34. The molecule has 0 saturated carbocycles. The third-order valence-corrected chi connectivity index (χ3v) is 5.70. The van der Waals surface area contributed by atoms with Crippen LogP contribution < -0.4 is 10.1 Å². The van der Waals surface area contributed by atoms with Gasteiger partial charge in [0.2, 0.25) is 0 Å². The van der Waals surface area contributed by atoms with E-state index in [9.17, 15) is 18.0 Å². The van der Waals surface area contributed by atoms with E-state index in [0.29, 0.717) is 23.4 Å². The average molecular weight is 421 g/mol. The Morgan fingerprint density at radius 2 is 1.97 bits per heavy atom. The van der Waals surface area contributed by atoms with Gasteiger partial charge in [0.15, 0.2) is 0 Å². The minimum atomic E-state index is -4.75. The van der Waals surface area contributed by atoms with Gasteiger partial charge < -0.3 is 19.5 Å². The number of benzene rings is 2. The molecule has 2 aliphatic heterocycles. The molecule has 1 saturated heterocycles. The Balaban J connectivity index is 1.70. The molecule has 0 aromatic heterocycles. The molecule has 2 heterocycles. The van der Waals surface area contributed by atoms with Gasteiger partial charge >= 0.3 is 12.3 Å². The highest BCUT2D eigenvalue weighted by molar-refractivity contribution is 5.89. The Bertz CT molecular complexity index is 960. The van der Waals surface area contributed by atoms with Crippen LogP contribution in [-0.4, -0.2) is 26.0 Å². The zero-order valence-electron chi connectivity index (χ0n) is 16.6. The molecule has 0 radical (unpaired) electrons. The molecule has 160 valence electrons. The van der Waals surface area contributed by atoms with Crippen molar-refractivity contribution in [3.05, 3.63) is 58.7 Å². The second-order valence-electron chi connectivity index (χ2n) is 7.58. The first kappa shape index (κ1) is 20.5. The largest absolute Gasteiger partial charge is 0.573 e. The molecule has 2 aliphatic rings. The summed E-state index contributed by atoms with van der Waals surface area (Å²) in [5.74, 6) is -0.620. The number of nitrogens with one attached hydrogen (secondary N) is 1. The van der Waals surface area contributed by atoms with Crippen molar-refractivity contribution in [1.29, 1.82) is 0 Å². The van der Waals surface area contributed by atoms with Crippen LogP contribution in [0.4, 0.5) is 18.9 Å². The normalized spacial score (nSPS) is 23.0. The maximum Gasteiger partial charge on any atom is 0.573 e. The van der Waals surface area contributed by atoms with Crippen LogP contribution in [0.15, 0.2) is 36.4 Å². The maximum atomic E-state index is 12.6. The number of esters is 1. The molecule has 1 fully saturated rings. The minimum Gasteiger partial charge on any atom is -0.465 e. The van der Waals surface area contributed by atoms with Crippen molar-refractivity contribution < 1.29 is 32.2 Å². The zero-order chi connectivity index (χ0) is 21.5. The molecule has 0 aliphatic carbocycles. The third-order valence-electron chi connectivity index (χ3n) is 5.70. The predicted molar refractivity (Wildman–Crippen MR) is 103 cm³/mol. The fourth-order valence-electron chi connectivity index (χ4n) is 4.42. The SMILES string of the molecule is COC(=O)c1ccc([C@H]2Nc3ccc(OC(F)(F)F)cc3[C@@H]3OCCC[C@H]23)c(C)c1. The van der Waals surface area contributed by atoms with Crippen LogP contribution in [-0.2, 0) is 9.47 Å². The molecule has 5 nitrogen and oxygen atoms in total. The van der Waals surface area contributed by atoms with E-state index in [0.717, 1.165) is 24.0 Å². The van der Waals surface area contributed by atoms with Crippen LogP contribution in [0.3, 0.4) is 0 Å². The molecule has 30 heavy (non-hydrogen) atoms. The number of fused-ring (bicyclic) bond motifs is 3. The number of ether oxygens (including phenoxy) is 3. The standard InChI is InChI=1S/C22H22F3NO4/c1-12-10-13(21(27)28-2)5-7-15(12)19-16-4-3-9-29-20(16)17-11-14(30-22(23,24)25)6-8-18(17)26-19/h5-8,10-11,16,19-20,26H,3-4,9H2,1-2H3/t16-,19-,20-/m1/s1. The predicted octanol–water partition coefficient (Wildman–Crippen LogP) is 5.31. The molecule has 4 rings (SSSR count). The Hall–Kier alpha value is -2.74. The summed E-state index contributed by atoms with van der Waals surface area (Å²) in [5, 5.41) is 3.47. The van der Waals surface area contributed by atoms with Crippen molar-refractivity contribution in [2.45, 2.75) is 38.3 Å². The van der Waals surface area contributed by atoms with E-state index in [2.05, 4.69) is 10.1 Å². The monoisotopic (exact) mass is 421 g/mol. The topological polar surface area (TPSA) is 56.8 Å². The molecule has 3 atom stereocenters. The molecule has 0 unspecified atom stereocenters. The molecule has 8 heteroatoms. The molecule has 2 aromatic rings. The van der Waals surface area contributed by atoms with Gasteiger partial charge in [-0.2, -0.15) is 0 Å². The molecule has 1 N–H and O–H groups in total. The van der Waals surface area contributed by atoms with Gasteiger partial charge in [-0.15, -0.1) is 13.2 Å². The highest BCUT2D eigenvalue weighted by atomic mass is 19.4. The lowest BCUT2D eigenvalue weighted by molar-refractivity contribution is -0.274. The lowest BCUT2D eigenvalue weighted by atomic mass is 9.76. The smallest absolute Gasteiger partial charge is 0.465 e. The zero-order valence-corrected chi connectivity index (χ0v) is 16.6. The summed E-state index contributed by atoms with van der Waals surface area (Å²) >= 11 is 0. The van der Waals surface area contributed by atoms with E-state index in [1.54, 1.807) is 18.2 Å². The third kappa shape index (κ3) is 3.96. The number of methoxy groups -OCH3 is 1. The fourth-order valence-corrected chi connectivity index (χ4v) is 4.42. The first-order valence-electron chi connectivity index (χ1n) is 9.73. The molecular formula is C22H22F3NO4. The van der Waals surface area contributed by atoms with Crippen LogP contribution in [0.1, 0.15) is 52.0 Å². The number of hydrogen-bond donors (Lipinski definition) is 1. The van der Waals surface area contributed by atoms with Gasteiger partial charge in [0, 0.05) is 23.8 Å². The van der Waals surface area contributed by atoms with E-state index in [1.807, 2.05) is 13.0 Å². The molecule has 0 spiro atoms. The van der Waals surface area contributed by atoms with Gasteiger partial charge in [-0.3, -0.25) is 0 Å². The van der Waals surface area contributed by atoms with Crippen LogP contribution in [0.2, 0.25) is 0 Å². The number of anilines is 1. The Morgan fingerprint density at radius 3 is 2.67 bits per heavy atom. The van der Waals surface area contributed by atoms with Crippen molar-refractivity contribution in [1.82, 2.24) is 0 Å². The Kier molecular flexibility index (Phi) is 5.36. The lowest BCUT2D eigenvalue weighted by Crippen LogP contribution is -2.36. The summed E-state index contributed by atoms with van der Waals surface area (Å²) in [6, 6.07) is 9.62. The van der Waals surface area contributed by atoms with Crippen molar-refractivity contribution in [3.8, 4) is 5.75 Å². The number of halogens is 3. The highest BCUT2D eigenvalue weighted by Gasteiger charge is 2.41. The minimum absolute atomic E-state index is 0.0371. The average Bonchev–Trinajstić information content (AvgIpc) is 2.71. The fraction of sp³-hybridized carbons (Fsp3) is 0.409.